The van der Waals surface area contributed by atoms with Crippen molar-refractivity contribution in [2.75, 3.05) is 16.7 Å². The Morgan fingerprint density at radius 1 is 0.923 bits per heavy atom. The molecule has 14 heteroatoms. The fourth-order valence-electron chi connectivity index (χ4n) is 6.55. The average molecular weight is 741 g/mol. The highest BCUT2D eigenvalue weighted by Gasteiger charge is 2.36. The molecule has 1 aliphatic carbocycles. The molecule has 1 N–H and O–H groups in total. The Labute approximate surface area is 298 Å². The van der Waals surface area contributed by atoms with Gasteiger partial charge in [0.2, 0.25) is 15.9 Å². The maximum atomic E-state index is 14.7. The second kappa shape index (κ2) is 15.3. The standard InChI is InChI=1S/C38H37F5N4O4S/c1-23(52(49,50)45-37-35(42)33(40)31(19-39)34(41)36(37)43)38(48)46(21-24-8-12-27(13-9-24)26-6-4-3-5-7-26)29-14-17-32-28(18-29)20-44-47(32)22-25-10-15-30(51-2)16-11-25/h8-18,20,23,26,45H,3-7,19,21-22H2,1-2H3/t23-/m1/s1. The summed E-state index contributed by atoms with van der Waals surface area (Å²) in [6.07, 6.45) is 7.30. The Balaban J connectivity index is 1.32. The number of methoxy groups -OCH3 is 1. The molecule has 0 unspecified atom stereocenters. The van der Waals surface area contributed by atoms with Crippen LogP contribution in [0.1, 0.15) is 67.2 Å². The number of nitrogens with one attached hydrogen (secondary N) is 1. The quantitative estimate of drug-likeness (QED) is 0.102. The van der Waals surface area contributed by atoms with E-state index in [1.54, 1.807) is 36.2 Å². The van der Waals surface area contributed by atoms with Crippen LogP contribution in [0.25, 0.3) is 10.9 Å². The van der Waals surface area contributed by atoms with Crippen LogP contribution in [0, 0.1) is 23.3 Å². The van der Waals surface area contributed by atoms with Crippen molar-refractivity contribution >= 4 is 38.2 Å². The first kappa shape index (κ1) is 36.8. The van der Waals surface area contributed by atoms with E-state index in [1.807, 2.05) is 48.5 Å². The number of anilines is 2. The molecular formula is C38H37F5N4O4S. The van der Waals surface area contributed by atoms with Gasteiger partial charge in [-0.2, -0.15) is 5.10 Å². The lowest BCUT2D eigenvalue weighted by Crippen LogP contribution is -2.43. The number of sulfonamides is 1. The molecule has 1 aromatic heterocycles. The summed E-state index contributed by atoms with van der Waals surface area (Å²) >= 11 is 0. The molecule has 1 saturated carbocycles. The van der Waals surface area contributed by atoms with E-state index < -0.39 is 62.4 Å². The molecule has 0 saturated heterocycles. The van der Waals surface area contributed by atoms with Gasteiger partial charge in [0.05, 0.1) is 37.5 Å². The van der Waals surface area contributed by atoms with Crippen molar-refractivity contribution in [1.29, 1.82) is 0 Å². The molecule has 52 heavy (non-hydrogen) atoms. The minimum atomic E-state index is -5.03. The highest BCUT2D eigenvalue weighted by atomic mass is 32.2. The van der Waals surface area contributed by atoms with Gasteiger partial charge in [-0.15, -0.1) is 0 Å². The third kappa shape index (κ3) is 7.48. The van der Waals surface area contributed by atoms with E-state index >= 15 is 0 Å². The molecule has 1 fully saturated rings. The van der Waals surface area contributed by atoms with Crippen molar-refractivity contribution in [3.63, 3.8) is 0 Å². The number of halogens is 5. The highest BCUT2D eigenvalue weighted by molar-refractivity contribution is 7.94. The van der Waals surface area contributed by atoms with Crippen LogP contribution < -0.4 is 14.4 Å². The van der Waals surface area contributed by atoms with E-state index in [9.17, 15) is 35.2 Å². The van der Waals surface area contributed by atoms with Crippen molar-refractivity contribution in [2.45, 2.75) is 70.0 Å². The number of hydrogen-bond acceptors (Lipinski definition) is 5. The molecule has 8 nitrogen and oxygen atoms in total. The maximum absolute atomic E-state index is 14.7. The van der Waals surface area contributed by atoms with Gasteiger partial charge < -0.3 is 9.64 Å². The highest BCUT2D eigenvalue weighted by Crippen LogP contribution is 2.34. The number of rotatable bonds is 12. The largest absolute Gasteiger partial charge is 0.497 e. The number of carbonyl (C=O) groups is 1. The number of amides is 1. The molecule has 1 heterocycles. The smallest absolute Gasteiger partial charge is 0.247 e. The van der Waals surface area contributed by atoms with Crippen LogP contribution >= 0.6 is 0 Å². The zero-order chi connectivity index (χ0) is 37.2. The van der Waals surface area contributed by atoms with Gasteiger partial charge in [0.1, 0.15) is 18.1 Å². The summed E-state index contributed by atoms with van der Waals surface area (Å²) in [6, 6.07) is 20.3. The summed E-state index contributed by atoms with van der Waals surface area (Å²) in [7, 11) is -3.45. The van der Waals surface area contributed by atoms with Crippen LogP contribution in [0.3, 0.4) is 0 Å². The molecule has 0 bridgehead atoms. The van der Waals surface area contributed by atoms with Gasteiger partial charge in [-0.3, -0.25) is 14.2 Å². The van der Waals surface area contributed by atoms with Crippen molar-refractivity contribution in [3.8, 4) is 5.75 Å². The first-order chi connectivity index (χ1) is 24.9. The molecule has 0 aliphatic heterocycles. The minimum Gasteiger partial charge on any atom is -0.497 e. The number of hydrogen-bond donors (Lipinski definition) is 1. The molecule has 6 rings (SSSR count). The summed E-state index contributed by atoms with van der Waals surface area (Å²) in [5, 5.41) is 3.14. The summed E-state index contributed by atoms with van der Waals surface area (Å²) in [6.45, 7) is -0.515. The summed E-state index contributed by atoms with van der Waals surface area (Å²) < 4.78 is 106. The Kier molecular flexibility index (Phi) is 10.8. The fourth-order valence-corrected chi connectivity index (χ4v) is 7.58. The van der Waals surface area contributed by atoms with Crippen molar-refractivity contribution in [3.05, 3.63) is 118 Å². The molecule has 0 radical (unpaired) electrons. The summed E-state index contributed by atoms with van der Waals surface area (Å²) in [5.41, 5.74) is 0.646. The molecule has 1 atom stereocenters. The molecule has 0 spiro atoms. The van der Waals surface area contributed by atoms with Crippen molar-refractivity contribution < 1.29 is 39.9 Å². The third-order valence-corrected chi connectivity index (χ3v) is 11.3. The second-order valence-electron chi connectivity index (χ2n) is 12.9. The van der Waals surface area contributed by atoms with Gasteiger partial charge in [0.15, 0.2) is 28.5 Å². The molecule has 5 aromatic rings. The lowest BCUT2D eigenvalue weighted by atomic mass is 9.84. The number of aromatic nitrogens is 2. The predicted molar refractivity (Wildman–Crippen MR) is 188 cm³/mol. The van der Waals surface area contributed by atoms with Gasteiger partial charge in [-0.25, -0.2) is 30.4 Å². The maximum Gasteiger partial charge on any atom is 0.247 e. The second-order valence-corrected chi connectivity index (χ2v) is 14.9. The number of alkyl halides is 1. The monoisotopic (exact) mass is 740 g/mol. The number of nitrogens with zero attached hydrogens (tertiary/aromatic N) is 3. The van der Waals surface area contributed by atoms with Crippen LogP contribution in [0.4, 0.5) is 33.3 Å². The normalized spacial score (nSPS) is 14.4. The Morgan fingerprint density at radius 2 is 1.56 bits per heavy atom. The van der Waals surface area contributed by atoms with Crippen LogP contribution in [0.2, 0.25) is 0 Å². The van der Waals surface area contributed by atoms with E-state index in [1.165, 1.54) is 21.6 Å². The number of fused-ring (bicyclic) bond motifs is 1. The van der Waals surface area contributed by atoms with Crippen LogP contribution in [-0.2, 0) is 34.6 Å². The Morgan fingerprint density at radius 3 is 2.17 bits per heavy atom. The van der Waals surface area contributed by atoms with Crippen molar-refractivity contribution in [1.82, 2.24) is 9.78 Å². The first-order valence-electron chi connectivity index (χ1n) is 16.8. The molecule has 4 aromatic carbocycles. The number of ether oxygens (including phenoxy) is 1. The fraction of sp³-hybridized carbons (Fsp3) is 0.316. The molecule has 1 aliphatic rings. The van der Waals surface area contributed by atoms with Gasteiger partial charge in [-0.05, 0) is 72.7 Å². The lowest BCUT2D eigenvalue weighted by molar-refractivity contribution is -0.118. The minimum absolute atomic E-state index is 0.0771. The van der Waals surface area contributed by atoms with Crippen LogP contribution in [0.15, 0.2) is 72.9 Å². The topological polar surface area (TPSA) is 93.5 Å². The van der Waals surface area contributed by atoms with Gasteiger partial charge in [0.25, 0.3) is 0 Å². The molecule has 274 valence electrons. The van der Waals surface area contributed by atoms with E-state index in [0.717, 1.165) is 43.7 Å². The van der Waals surface area contributed by atoms with Gasteiger partial charge in [0, 0.05) is 11.1 Å². The summed E-state index contributed by atoms with van der Waals surface area (Å²) in [4.78, 5) is 15.4. The van der Waals surface area contributed by atoms with E-state index in [4.69, 9.17) is 4.74 Å². The Hall–Kier alpha value is -4.98. The molecule has 1 amide bonds. The summed E-state index contributed by atoms with van der Waals surface area (Å²) in [5.74, 6) is -8.29. The van der Waals surface area contributed by atoms with E-state index in [0.29, 0.717) is 34.8 Å². The van der Waals surface area contributed by atoms with Crippen LogP contribution in [-0.4, -0.2) is 36.5 Å². The number of carbonyl (C=O) groups excluding carboxylic acids is 1. The average Bonchev–Trinajstić information content (AvgIpc) is 3.56. The van der Waals surface area contributed by atoms with E-state index in [-0.39, 0.29) is 6.54 Å². The third-order valence-electron chi connectivity index (χ3n) is 9.64. The molecular weight excluding hydrogens is 703 g/mol. The SMILES string of the molecule is COc1ccc(Cn2ncc3cc(N(Cc4ccc(C5CCCCC5)cc4)C(=O)[C@@H](C)S(=O)(=O)Nc4c(F)c(F)c(CF)c(F)c4F)ccc32)cc1. The number of benzene rings is 4. The predicted octanol–water partition coefficient (Wildman–Crippen LogP) is 8.53. The van der Waals surface area contributed by atoms with Gasteiger partial charge in [-0.1, -0.05) is 55.7 Å². The first-order valence-corrected chi connectivity index (χ1v) is 18.4. The zero-order valence-corrected chi connectivity index (χ0v) is 29.3. The van der Waals surface area contributed by atoms with Crippen molar-refractivity contribution in [2.24, 2.45) is 0 Å². The zero-order valence-electron chi connectivity index (χ0n) is 28.5. The Bertz CT molecular complexity index is 2160. The van der Waals surface area contributed by atoms with Crippen LogP contribution in [0.5, 0.6) is 5.75 Å². The lowest BCUT2D eigenvalue weighted by Gasteiger charge is -2.27. The van der Waals surface area contributed by atoms with Gasteiger partial charge >= 0.3 is 0 Å². The van der Waals surface area contributed by atoms with E-state index in [2.05, 4.69) is 5.10 Å².